The number of hydrogen-bond donors (Lipinski definition) is 0. The predicted molar refractivity (Wildman–Crippen MR) is 78.6 cm³/mol. The molecule has 0 aliphatic heterocycles. The highest BCUT2D eigenvalue weighted by Crippen LogP contribution is 2.27. The van der Waals surface area contributed by atoms with Gasteiger partial charge in [0.25, 0.3) is 0 Å². The van der Waals surface area contributed by atoms with E-state index in [4.69, 9.17) is 37.9 Å². The maximum atomic E-state index is 8.93. The van der Waals surface area contributed by atoms with Gasteiger partial charge in [0, 0.05) is 11.1 Å². The summed E-state index contributed by atoms with van der Waals surface area (Å²) in [6.07, 6.45) is 0. The van der Waals surface area contributed by atoms with Gasteiger partial charge in [-0.2, -0.15) is 5.26 Å². The second-order valence-electron chi connectivity index (χ2n) is 3.88. The van der Waals surface area contributed by atoms with Gasteiger partial charge in [-0.05, 0) is 24.3 Å². The van der Waals surface area contributed by atoms with Crippen molar-refractivity contribution >= 4 is 23.2 Å². The van der Waals surface area contributed by atoms with Crippen molar-refractivity contribution < 1.29 is 9.47 Å². The summed E-state index contributed by atoms with van der Waals surface area (Å²) in [4.78, 5) is 0. The van der Waals surface area contributed by atoms with Crippen molar-refractivity contribution in [3.8, 4) is 17.6 Å². The number of para-hydroxylation sites is 1. The summed E-state index contributed by atoms with van der Waals surface area (Å²) in [6.45, 7) is 0.612. The molecule has 2 aromatic rings. The van der Waals surface area contributed by atoms with Crippen molar-refractivity contribution in [2.45, 2.75) is 0 Å². The largest absolute Gasteiger partial charge is 0.489 e. The van der Waals surface area contributed by atoms with Crippen LogP contribution in [-0.2, 0) is 0 Å². The third kappa shape index (κ3) is 3.80. The molecule has 2 rings (SSSR count). The van der Waals surface area contributed by atoms with Crippen LogP contribution in [0.3, 0.4) is 0 Å². The van der Waals surface area contributed by atoms with Crippen molar-refractivity contribution in [2.75, 3.05) is 13.2 Å². The number of nitrogens with zero attached hydrogens (tertiary/aromatic N) is 1. The Morgan fingerprint density at radius 3 is 2.40 bits per heavy atom. The van der Waals surface area contributed by atoms with Crippen molar-refractivity contribution in [1.82, 2.24) is 0 Å². The predicted octanol–water partition coefficient (Wildman–Crippen LogP) is 4.32. The Balaban J connectivity index is 1.88. The molecule has 5 heteroatoms. The lowest BCUT2D eigenvalue weighted by atomic mass is 10.2. The Kier molecular flexibility index (Phi) is 5.11. The summed E-state index contributed by atoms with van der Waals surface area (Å²) >= 11 is 11.8. The molecule has 20 heavy (non-hydrogen) atoms. The van der Waals surface area contributed by atoms with E-state index >= 15 is 0 Å². The molecule has 0 radical (unpaired) electrons. The van der Waals surface area contributed by atoms with E-state index in [0.29, 0.717) is 40.3 Å². The van der Waals surface area contributed by atoms with Crippen LogP contribution in [0, 0.1) is 11.3 Å². The van der Waals surface area contributed by atoms with Crippen LogP contribution >= 0.6 is 23.2 Å². The highest BCUT2D eigenvalue weighted by atomic mass is 35.5. The monoisotopic (exact) mass is 307 g/mol. The minimum atomic E-state index is 0.305. The number of benzene rings is 2. The van der Waals surface area contributed by atoms with E-state index in [1.165, 1.54) is 0 Å². The van der Waals surface area contributed by atoms with Gasteiger partial charge in [-0.25, -0.2) is 0 Å². The Hall–Kier alpha value is -1.89. The fraction of sp³-hybridized carbons (Fsp3) is 0.133. The number of nitriles is 1. The van der Waals surface area contributed by atoms with Gasteiger partial charge < -0.3 is 9.47 Å². The quantitative estimate of drug-likeness (QED) is 0.772. The Morgan fingerprint density at radius 1 is 0.950 bits per heavy atom. The standard InChI is InChI=1S/C15H11Cl2NO2/c16-12-5-6-13(17)15(9-12)20-8-7-19-14-4-2-1-3-11(14)10-18/h1-6,9H,7-8H2. The van der Waals surface area contributed by atoms with Crippen LogP contribution in [0.15, 0.2) is 42.5 Å². The van der Waals surface area contributed by atoms with Gasteiger partial charge in [0.1, 0.15) is 30.8 Å². The zero-order chi connectivity index (χ0) is 14.4. The molecule has 0 heterocycles. The second kappa shape index (κ2) is 7.04. The van der Waals surface area contributed by atoms with Crippen LogP contribution in [0.1, 0.15) is 5.56 Å². The molecular formula is C15H11Cl2NO2. The van der Waals surface area contributed by atoms with Crippen molar-refractivity contribution in [3.63, 3.8) is 0 Å². The van der Waals surface area contributed by atoms with Gasteiger partial charge in [-0.15, -0.1) is 0 Å². The first kappa shape index (κ1) is 14.5. The molecule has 0 atom stereocenters. The van der Waals surface area contributed by atoms with E-state index in [9.17, 15) is 0 Å². The van der Waals surface area contributed by atoms with E-state index in [2.05, 4.69) is 6.07 Å². The highest BCUT2D eigenvalue weighted by Gasteiger charge is 2.04. The van der Waals surface area contributed by atoms with Crippen molar-refractivity contribution in [1.29, 1.82) is 5.26 Å². The number of halogens is 2. The normalized spacial score (nSPS) is 9.85. The summed E-state index contributed by atoms with van der Waals surface area (Å²) in [5, 5.41) is 9.97. The van der Waals surface area contributed by atoms with Gasteiger partial charge in [-0.1, -0.05) is 35.3 Å². The minimum Gasteiger partial charge on any atom is -0.489 e. The van der Waals surface area contributed by atoms with Crippen LogP contribution < -0.4 is 9.47 Å². The van der Waals surface area contributed by atoms with Crippen LogP contribution in [-0.4, -0.2) is 13.2 Å². The summed E-state index contributed by atoms with van der Waals surface area (Å²) in [6, 6.07) is 14.1. The van der Waals surface area contributed by atoms with Gasteiger partial charge in [0.2, 0.25) is 0 Å². The molecule has 0 N–H and O–H groups in total. The van der Waals surface area contributed by atoms with E-state index in [1.807, 2.05) is 6.07 Å². The summed E-state index contributed by atoms with van der Waals surface area (Å²) in [5.41, 5.74) is 0.494. The first-order valence-electron chi connectivity index (χ1n) is 5.90. The fourth-order valence-corrected chi connectivity index (χ4v) is 1.91. The van der Waals surface area contributed by atoms with Crippen LogP contribution in [0.5, 0.6) is 11.5 Å². The summed E-state index contributed by atoms with van der Waals surface area (Å²) in [7, 11) is 0. The Morgan fingerprint density at radius 2 is 1.65 bits per heavy atom. The fourth-order valence-electron chi connectivity index (χ4n) is 1.58. The highest BCUT2D eigenvalue weighted by molar-refractivity contribution is 6.34. The Bertz CT molecular complexity index is 638. The van der Waals surface area contributed by atoms with E-state index in [-0.39, 0.29) is 0 Å². The van der Waals surface area contributed by atoms with E-state index in [0.717, 1.165) is 0 Å². The van der Waals surface area contributed by atoms with Crippen LogP contribution in [0.4, 0.5) is 0 Å². The molecule has 0 saturated carbocycles. The topological polar surface area (TPSA) is 42.2 Å². The zero-order valence-corrected chi connectivity index (χ0v) is 12.0. The first-order valence-corrected chi connectivity index (χ1v) is 6.66. The molecule has 0 amide bonds. The lowest BCUT2D eigenvalue weighted by Gasteiger charge is -2.10. The SMILES string of the molecule is N#Cc1ccccc1OCCOc1cc(Cl)ccc1Cl. The average molecular weight is 308 g/mol. The smallest absolute Gasteiger partial charge is 0.139 e. The molecule has 0 saturated heterocycles. The molecule has 0 bridgehead atoms. The molecule has 3 nitrogen and oxygen atoms in total. The van der Waals surface area contributed by atoms with Crippen molar-refractivity contribution in [2.24, 2.45) is 0 Å². The molecule has 0 aliphatic carbocycles. The third-order valence-corrected chi connectivity index (χ3v) is 3.05. The molecule has 0 aliphatic rings. The maximum absolute atomic E-state index is 8.93. The van der Waals surface area contributed by atoms with E-state index in [1.54, 1.807) is 36.4 Å². The number of hydrogen-bond acceptors (Lipinski definition) is 3. The summed E-state index contributed by atoms with van der Waals surface area (Å²) in [5.74, 6) is 1.05. The number of rotatable bonds is 5. The molecule has 0 aromatic heterocycles. The molecule has 2 aromatic carbocycles. The van der Waals surface area contributed by atoms with Crippen molar-refractivity contribution in [3.05, 3.63) is 58.1 Å². The van der Waals surface area contributed by atoms with Crippen LogP contribution in [0.2, 0.25) is 10.0 Å². The van der Waals surface area contributed by atoms with Gasteiger partial charge in [0.05, 0.1) is 10.6 Å². The Labute approximate surface area is 127 Å². The molecule has 0 unspecified atom stereocenters. The van der Waals surface area contributed by atoms with Gasteiger partial charge >= 0.3 is 0 Å². The molecule has 0 fully saturated rings. The second-order valence-corrected chi connectivity index (χ2v) is 4.72. The average Bonchev–Trinajstić information content (AvgIpc) is 2.47. The molecule has 0 spiro atoms. The first-order chi connectivity index (χ1) is 9.70. The lowest BCUT2D eigenvalue weighted by molar-refractivity contribution is 0.217. The zero-order valence-electron chi connectivity index (χ0n) is 10.5. The lowest BCUT2D eigenvalue weighted by Crippen LogP contribution is -2.09. The summed E-state index contributed by atoms with van der Waals surface area (Å²) < 4.78 is 11.0. The molecule has 102 valence electrons. The van der Waals surface area contributed by atoms with Crippen LogP contribution in [0.25, 0.3) is 0 Å². The van der Waals surface area contributed by atoms with Gasteiger partial charge in [0.15, 0.2) is 0 Å². The third-order valence-electron chi connectivity index (χ3n) is 2.50. The van der Waals surface area contributed by atoms with Gasteiger partial charge in [-0.3, -0.25) is 0 Å². The van der Waals surface area contributed by atoms with E-state index < -0.39 is 0 Å². The minimum absolute atomic E-state index is 0.305. The number of ether oxygens (including phenoxy) is 2. The maximum Gasteiger partial charge on any atom is 0.139 e. The molecular weight excluding hydrogens is 297 g/mol.